The number of hydrogen-bond donors (Lipinski definition) is 1. The van der Waals surface area contributed by atoms with Gasteiger partial charge < -0.3 is 10.6 Å². The molecule has 2 N–H and O–H groups in total. The van der Waals surface area contributed by atoms with Crippen molar-refractivity contribution in [3.8, 4) is 0 Å². The predicted octanol–water partition coefficient (Wildman–Crippen LogP) is 1.40. The Kier molecular flexibility index (Phi) is 3.84. The molecule has 0 saturated carbocycles. The second-order valence-electron chi connectivity index (χ2n) is 5.56. The molecule has 1 aliphatic rings. The number of rotatable bonds is 3. The standard InChI is InChI=1S/C13H24N4/c1-10-4-5-17(7-11(10)2)9-13(14)12-6-15-16(3)8-12/h6,8,10-11,13H,4-5,7,9,14H2,1-3H3. The van der Waals surface area contributed by atoms with Gasteiger partial charge in [0.15, 0.2) is 0 Å². The Labute approximate surface area is 104 Å². The van der Waals surface area contributed by atoms with Crippen LogP contribution in [0.1, 0.15) is 31.9 Å². The third-order valence-corrected chi connectivity index (χ3v) is 4.03. The minimum Gasteiger partial charge on any atom is -0.323 e. The van der Waals surface area contributed by atoms with E-state index in [1.54, 1.807) is 0 Å². The first-order valence-corrected chi connectivity index (χ1v) is 6.52. The van der Waals surface area contributed by atoms with Gasteiger partial charge in [0.05, 0.1) is 6.20 Å². The van der Waals surface area contributed by atoms with Gasteiger partial charge in [0.2, 0.25) is 0 Å². The molecule has 0 bridgehead atoms. The topological polar surface area (TPSA) is 47.1 Å². The fraction of sp³-hybridized carbons (Fsp3) is 0.769. The van der Waals surface area contributed by atoms with Crippen molar-refractivity contribution in [2.45, 2.75) is 26.3 Å². The van der Waals surface area contributed by atoms with E-state index in [0.717, 1.165) is 23.9 Å². The maximum absolute atomic E-state index is 6.22. The van der Waals surface area contributed by atoms with Crippen LogP contribution in [0.2, 0.25) is 0 Å². The zero-order valence-corrected chi connectivity index (χ0v) is 11.1. The molecule has 0 radical (unpaired) electrons. The number of nitrogens with zero attached hydrogens (tertiary/aromatic N) is 3. The average molecular weight is 236 g/mol. The van der Waals surface area contributed by atoms with Gasteiger partial charge in [-0.3, -0.25) is 4.68 Å². The molecule has 96 valence electrons. The molecule has 1 saturated heterocycles. The summed E-state index contributed by atoms with van der Waals surface area (Å²) < 4.78 is 1.82. The first-order chi connectivity index (χ1) is 8.06. The summed E-state index contributed by atoms with van der Waals surface area (Å²) in [5.41, 5.74) is 7.36. The Hall–Kier alpha value is -0.870. The van der Waals surface area contributed by atoms with Gasteiger partial charge in [-0.2, -0.15) is 5.10 Å². The van der Waals surface area contributed by atoms with E-state index in [-0.39, 0.29) is 6.04 Å². The van der Waals surface area contributed by atoms with Crippen LogP contribution in [0.15, 0.2) is 12.4 Å². The third kappa shape index (κ3) is 3.07. The molecule has 0 spiro atoms. The number of aromatic nitrogens is 2. The molecule has 4 heteroatoms. The molecule has 0 aromatic carbocycles. The van der Waals surface area contributed by atoms with Gasteiger partial charge in [0.1, 0.15) is 0 Å². The van der Waals surface area contributed by atoms with Crippen LogP contribution in [0.4, 0.5) is 0 Å². The molecule has 1 aromatic rings. The molecule has 3 atom stereocenters. The van der Waals surface area contributed by atoms with Crippen molar-refractivity contribution >= 4 is 0 Å². The normalized spacial score (nSPS) is 28.2. The number of piperidine rings is 1. The highest BCUT2D eigenvalue weighted by atomic mass is 15.2. The number of nitrogens with two attached hydrogens (primary N) is 1. The largest absolute Gasteiger partial charge is 0.323 e. The second kappa shape index (κ2) is 5.19. The van der Waals surface area contributed by atoms with Crippen molar-refractivity contribution < 1.29 is 0 Å². The minimum atomic E-state index is 0.0873. The van der Waals surface area contributed by atoms with Crippen molar-refractivity contribution in [2.24, 2.45) is 24.6 Å². The van der Waals surface area contributed by atoms with Crippen molar-refractivity contribution in [3.05, 3.63) is 18.0 Å². The van der Waals surface area contributed by atoms with Crippen LogP contribution in [0, 0.1) is 11.8 Å². The van der Waals surface area contributed by atoms with Crippen molar-refractivity contribution in [2.75, 3.05) is 19.6 Å². The van der Waals surface area contributed by atoms with Gasteiger partial charge in [0.25, 0.3) is 0 Å². The first kappa shape index (κ1) is 12.6. The van der Waals surface area contributed by atoms with Crippen LogP contribution < -0.4 is 5.73 Å². The fourth-order valence-electron chi connectivity index (χ4n) is 2.53. The van der Waals surface area contributed by atoms with E-state index >= 15 is 0 Å². The summed E-state index contributed by atoms with van der Waals surface area (Å²) in [5.74, 6) is 1.63. The summed E-state index contributed by atoms with van der Waals surface area (Å²) in [6, 6.07) is 0.0873. The quantitative estimate of drug-likeness (QED) is 0.863. The second-order valence-corrected chi connectivity index (χ2v) is 5.56. The molecule has 1 aliphatic heterocycles. The van der Waals surface area contributed by atoms with Gasteiger partial charge in [0, 0.05) is 37.9 Å². The lowest BCUT2D eigenvalue weighted by Crippen LogP contribution is -2.41. The number of aryl methyl sites for hydroxylation is 1. The van der Waals surface area contributed by atoms with Crippen LogP contribution in [-0.2, 0) is 7.05 Å². The molecule has 2 rings (SSSR count). The third-order valence-electron chi connectivity index (χ3n) is 4.03. The van der Waals surface area contributed by atoms with Gasteiger partial charge in [-0.1, -0.05) is 13.8 Å². The summed E-state index contributed by atoms with van der Waals surface area (Å²) in [6.07, 6.45) is 5.18. The molecular formula is C13H24N4. The van der Waals surface area contributed by atoms with E-state index in [4.69, 9.17) is 5.73 Å². The Balaban J connectivity index is 1.89. The van der Waals surface area contributed by atoms with E-state index in [1.807, 2.05) is 24.1 Å². The highest BCUT2D eigenvalue weighted by Gasteiger charge is 2.24. The zero-order chi connectivity index (χ0) is 12.4. The monoisotopic (exact) mass is 236 g/mol. The molecule has 2 heterocycles. The molecule has 1 fully saturated rings. The molecule has 0 amide bonds. The molecule has 4 nitrogen and oxygen atoms in total. The summed E-state index contributed by atoms with van der Waals surface area (Å²) >= 11 is 0. The van der Waals surface area contributed by atoms with Gasteiger partial charge in [-0.15, -0.1) is 0 Å². The van der Waals surface area contributed by atoms with Crippen LogP contribution in [-0.4, -0.2) is 34.3 Å². The van der Waals surface area contributed by atoms with Gasteiger partial charge >= 0.3 is 0 Å². The SMILES string of the molecule is CC1CCN(CC(N)c2cnn(C)c2)CC1C. The molecule has 1 aromatic heterocycles. The van der Waals surface area contributed by atoms with Crippen LogP contribution in [0.25, 0.3) is 0 Å². The Morgan fingerprint density at radius 2 is 2.24 bits per heavy atom. The van der Waals surface area contributed by atoms with E-state index in [9.17, 15) is 0 Å². The van der Waals surface area contributed by atoms with Crippen LogP contribution in [0.5, 0.6) is 0 Å². The lowest BCUT2D eigenvalue weighted by atomic mass is 9.88. The molecule has 0 aliphatic carbocycles. The minimum absolute atomic E-state index is 0.0873. The van der Waals surface area contributed by atoms with Gasteiger partial charge in [-0.05, 0) is 24.8 Å². The van der Waals surface area contributed by atoms with E-state index in [2.05, 4.69) is 23.8 Å². The number of hydrogen-bond acceptors (Lipinski definition) is 3. The molecule has 3 unspecified atom stereocenters. The first-order valence-electron chi connectivity index (χ1n) is 6.52. The fourth-order valence-corrected chi connectivity index (χ4v) is 2.53. The van der Waals surface area contributed by atoms with Crippen molar-refractivity contribution in [1.82, 2.24) is 14.7 Å². The highest BCUT2D eigenvalue weighted by molar-refractivity contribution is 5.10. The number of likely N-dealkylation sites (tertiary alicyclic amines) is 1. The Bertz CT molecular complexity index is 360. The molecular weight excluding hydrogens is 212 g/mol. The lowest BCUT2D eigenvalue weighted by molar-refractivity contribution is 0.132. The zero-order valence-electron chi connectivity index (χ0n) is 11.1. The van der Waals surface area contributed by atoms with E-state index in [0.29, 0.717) is 0 Å². The average Bonchev–Trinajstić information content (AvgIpc) is 2.70. The van der Waals surface area contributed by atoms with E-state index < -0.39 is 0 Å². The Morgan fingerprint density at radius 3 is 2.82 bits per heavy atom. The van der Waals surface area contributed by atoms with Crippen molar-refractivity contribution in [3.63, 3.8) is 0 Å². The smallest absolute Gasteiger partial charge is 0.0537 e. The summed E-state index contributed by atoms with van der Waals surface area (Å²) in [5, 5.41) is 4.18. The van der Waals surface area contributed by atoms with Crippen LogP contribution in [0.3, 0.4) is 0 Å². The summed E-state index contributed by atoms with van der Waals surface area (Å²) in [6.45, 7) is 7.99. The summed E-state index contributed by atoms with van der Waals surface area (Å²) in [7, 11) is 1.93. The maximum atomic E-state index is 6.22. The summed E-state index contributed by atoms with van der Waals surface area (Å²) in [4.78, 5) is 2.49. The predicted molar refractivity (Wildman–Crippen MR) is 69.5 cm³/mol. The molecule has 17 heavy (non-hydrogen) atoms. The lowest BCUT2D eigenvalue weighted by Gasteiger charge is -2.36. The maximum Gasteiger partial charge on any atom is 0.0537 e. The van der Waals surface area contributed by atoms with Crippen LogP contribution >= 0.6 is 0 Å². The van der Waals surface area contributed by atoms with Gasteiger partial charge in [-0.25, -0.2) is 0 Å². The van der Waals surface area contributed by atoms with Crippen molar-refractivity contribution in [1.29, 1.82) is 0 Å². The Morgan fingerprint density at radius 1 is 1.47 bits per heavy atom. The van der Waals surface area contributed by atoms with E-state index in [1.165, 1.54) is 19.5 Å². The highest BCUT2D eigenvalue weighted by Crippen LogP contribution is 2.23.